The molecular weight excluding hydrogens is 320 g/mol. The van der Waals surface area contributed by atoms with Gasteiger partial charge in [0, 0.05) is 19.1 Å². The number of Topliss-reactive ketones (excluding diaryl/α,β-unsaturated/α-hetero) is 1. The summed E-state index contributed by atoms with van der Waals surface area (Å²) in [7, 11) is 0. The summed E-state index contributed by atoms with van der Waals surface area (Å²) in [4.78, 5) is 39.0. The van der Waals surface area contributed by atoms with E-state index in [0.29, 0.717) is 0 Å². The molecule has 0 spiro atoms. The third kappa shape index (κ3) is 3.91. The number of anilines is 2. The second-order valence-electron chi connectivity index (χ2n) is 4.43. The van der Waals surface area contributed by atoms with Crippen molar-refractivity contribution in [3.05, 3.63) is 56.9 Å². The van der Waals surface area contributed by atoms with Crippen molar-refractivity contribution in [1.29, 1.82) is 0 Å². The predicted octanol–water partition coefficient (Wildman–Crippen LogP) is 2.01. The van der Waals surface area contributed by atoms with E-state index in [4.69, 9.17) is 0 Å². The van der Waals surface area contributed by atoms with Crippen molar-refractivity contribution in [3.63, 3.8) is 0 Å². The Labute approximate surface area is 134 Å². The van der Waals surface area contributed by atoms with Gasteiger partial charge in [-0.3, -0.25) is 25.0 Å². The molecule has 122 valence electrons. The molecule has 2 aromatic heterocycles. The van der Waals surface area contributed by atoms with E-state index in [2.05, 4.69) is 15.1 Å². The Bertz CT molecular complexity index is 745. The van der Waals surface area contributed by atoms with Gasteiger partial charge in [0.2, 0.25) is 0 Å². The first kappa shape index (κ1) is 16.6. The molecule has 0 fully saturated rings. The highest BCUT2D eigenvalue weighted by molar-refractivity contribution is 6.26. The molecule has 24 heavy (non-hydrogen) atoms. The first-order valence-electron chi connectivity index (χ1n) is 6.44. The second-order valence-corrected chi connectivity index (χ2v) is 4.43. The zero-order valence-corrected chi connectivity index (χ0v) is 12.3. The Hall–Kier alpha value is -3.76. The maximum atomic E-state index is 11.1. The number of carbonyl (C=O) groups is 1. The van der Waals surface area contributed by atoms with Gasteiger partial charge in [-0.05, 0) is 12.1 Å². The highest BCUT2D eigenvalue weighted by atomic mass is 16.6. The lowest BCUT2D eigenvalue weighted by atomic mass is 10.3. The Morgan fingerprint density at radius 2 is 1.50 bits per heavy atom. The van der Waals surface area contributed by atoms with E-state index in [9.17, 15) is 25.0 Å². The molecule has 0 radical (unpaired) electrons. The molecule has 0 unspecified atom stereocenters. The zero-order chi connectivity index (χ0) is 17.7. The second kappa shape index (κ2) is 7.00. The lowest BCUT2D eigenvalue weighted by Crippen LogP contribution is -2.13. The van der Waals surface area contributed by atoms with Crippen LogP contribution in [0.25, 0.3) is 0 Å². The number of ketones is 1. The van der Waals surface area contributed by atoms with Gasteiger partial charge in [0.05, 0.1) is 16.1 Å². The minimum Gasteiger partial charge on any atom is -0.293 e. The molecule has 11 heteroatoms. The highest BCUT2D eigenvalue weighted by Crippen LogP contribution is 2.24. The molecule has 2 rings (SSSR count). The summed E-state index contributed by atoms with van der Waals surface area (Å²) in [5, 5.41) is 26.4. The number of hydrogen-bond acceptors (Lipinski definition) is 9. The monoisotopic (exact) mass is 330 g/mol. The van der Waals surface area contributed by atoms with E-state index in [1.165, 1.54) is 31.2 Å². The molecule has 0 saturated carbocycles. The molecule has 0 N–H and O–H groups in total. The summed E-state index contributed by atoms with van der Waals surface area (Å²) in [6, 6.07) is 5.06. The Morgan fingerprint density at radius 1 is 1.04 bits per heavy atom. The topological polar surface area (TPSA) is 145 Å². The first-order chi connectivity index (χ1) is 11.4. The van der Waals surface area contributed by atoms with Gasteiger partial charge in [-0.2, -0.15) is 10.1 Å². The van der Waals surface area contributed by atoms with Crippen molar-refractivity contribution in [1.82, 2.24) is 9.97 Å². The molecule has 0 aromatic carbocycles. The normalized spacial score (nSPS) is 10.5. The van der Waals surface area contributed by atoms with Crippen LogP contribution in [0.15, 0.2) is 41.8 Å². The molecule has 0 amide bonds. The van der Waals surface area contributed by atoms with Gasteiger partial charge < -0.3 is 0 Å². The number of nitro groups is 2. The number of nitrogens with zero attached hydrogens (tertiary/aromatic N) is 6. The van der Waals surface area contributed by atoms with Crippen molar-refractivity contribution in [2.75, 3.05) is 5.01 Å². The van der Waals surface area contributed by atoms with Crippen LogP contribution < -0.4 is 5.01 Å². The SMILES string of the molecule is CC(=O)/C=N/N(c1ccc([N+](=O)[O-])cn1)c1ccc([N+](=O)[O-])cn1. The summed E-state index contributed by atoms with van der Waals surface area (Å²) < 4.78 is 0. The van der Waals surface area contributed by atoms with E-state index >= 15 is 0 Å². The standard InChI is InChI=1S/C13H10N6O5/c1-9(20)6-16-17(12-4-2-10(7-14-12)18(21)22)13-5-3-11(8-15-13)19(23)24/h2-8H,1H3/b16-6+. The molecule has 0 aliphatic carbocycles. The minimum atomic E-state index is -0.607. The van der Waals surface area contributed by atoms with Gasteiger partial charge >= 0.3 is 0 Å². The number of hydrazone groups is 1. The van der Waals surface area contributed by atoms with Crippen molar-refractivity contribution < 1.29 is 14.6 Å². The Balaban J connectivity index is 2.42. The predicted molar refractivity (Wildman–Crippen MR) is 83.1 cm³/mol. The van der Waals surface area contributed by atoms with Gasteiger partial charge in [-0.15, -0.1) is 0 Å². The zero-order valence-electron chi connectivity index (χ0n) is 12.3. The fourth-order valence-electron chi connectivity index (χ4n) is 1.60. The van der Waals surface area contributed by atoms with Crippen LogP contribution in [0.2, 0.25) is 0 Å². The van der Waals surface area contributed by atoms with Crippen molar-refractivity contribution in [3.8, 4) is 0 Å². The molecule has 0 saturated heterocycles. The van der Waals surface area contributed by atoms with Crippen LogP contribution in [0.1, 0.15) is 6.92 Å². The maximum absolute atomic E-state index is 11.1. The Morgan fingerprint density at radius 3 is 1.79 bits per heavy atom. The molecular formula is C13H10N6O5. The number of pyridine rings is 2. The third-order valence-electron chi connectivity index (χ3n) is 2.68. The fraction of sp³-hybridized carbons (Fsp3) is 0.0769. The molecule has 0 bridgehead atoms. The highest BCUT2D eigenvalue weighted by Gasteiger charge is 2.15. The summed E-state index contributed by atoms with van der Waals surface area (Å²) in [6.07, 6.45) is 3.06. The molecule has 2 heterocycles. The maximum Gasteiger partial charge on any atom is 0.287 e. The van der Waals surface area contributed by atoms with Gasteiger partial charge in [0.25, 0.3) is 11.4 Å². The van der Waals surface area contributed by atoms with Crippen molar-refractivity contribution >= 4 is 35.0 Å². The minimum absolute atomic E-state index is 0.152. The average molecular weight is 330 g/mol. The van der Waals surface area contributed by atoms with Gasteiger partial charge in [-0.25, -0.2) is 9.97 Å². The summed E-state index contributed by atoms with van der Waals surface area (Å²) in [5.74, 6) is -0.0391. The van der Waals surface area contributed by atoms with Crippen LogP contribution in [0.3, 0.4) is 0 Å². The molecule has 0 aliphatic heterocycles. The average Bonchev–Trinajstić information content (AvgIpc) is 2.55. The van der Waals surface area contributed by atoms with Crippen LogP contribution >= 0.6 is 0 Å². The largest absolute Gasteiger partial charge is 0.293 e. The van der Waals surface area contributed by atoms with E-state index in [1.807, 2.05) is 0 Å². The summed E-state index contributed by atoms with van der Waals surface area (Å²) >= 11 is 0. The van der Waals surface area contributed by atoms with Gasteiger partial charge in [0.15, 0.2) is 17.4 Å². The molecule has 2 aromatic rings. The quantitative estimate of drug-likeness (QED) is 0.444. The van der Waals surface area contributed by atoms with Crippen LogP contribution in [0, 0.1) is 20.2 Å². The van der Waals surface area contributed by atoms with Crippen LogP contribution in [-0.4, -0.2) is 31.8 Å². The smallest absolute Gasteiger partial charge is 0.287 e. The van der Waals surface area contributed by atoms with Crippen molar-refractivity contribution in [2.45, 2.75) is 6.92 Å². The lowest BCUT2D eigenvalue weighted by molar-refractivity contribution is -0.385. The lowest BCUT2D eigenvalue weighted by Gasteiger charge is -2.16. The van der Waals surface area contributed by atoms with E-state index in [0.717, 1.165) is 23.6 Å². The third-order valence-corrected chi connectivity index (χ3v) is 2.68. The van der Waals surface area contributed by atoms with E-state index < -0.39 is 9.85 Å². The summed E-state index contributed by atoms with van der Waals surface area (Å²) in [5.41, 5.74) is -0.434. The van der Waals surface area contributed by atoms with Gasteiger partial charge in [0.1, 0.15) is 12.4 Å². The number of aromatic nitrogens is 2. The van der Waals surface area contributed by atoms with E-state index in [1.54, 1.807) is 0 Å². The van der Waals surface area contributed by atoms with Crippen LogP contribution in [-0.2, 0) is 4.79 Å². The van der Waals surface area contributed by atoms with Crippen molar-refractivity contribution in [2.24, 2.45) is 5.10 Å². The molecule has 11 nitrogen and oxygen atoms in total. The molecule has 0 aliphatic rings. The van der Waals surface area contributed by atoms with Gasteiger partial charge in [-0.1, -0.05) is 0 Å². The number of rotatable bonds is 6. The number of carbonyl (C=O) groups excluding carboxylic acids is 1. The van der Waals surface area contributed by atoms with E-state index in [-0.39, 0.29) is 28.8 Å². The first-order valence-corrected chi connectivity index (χ1v) is 6.44. The molecule has 0 atom stereocenters. The Kier molecular flexibility index (Phi) is 4.84. The van der Waals surface area contributed by atoms with Crippen LogP contribution in [0.5, 0.6) is 0 Å². The van der Waals surface area contributed by atoms with Crippen LogP contribution in [0.4, 0.5) is 23.0 Å². The fourth-order valence-corrected chi connectivity index (χ4v) is 1.60. The summed E-state index contributed by atoms with van der Waals surface area (Å²) in [6.45, 7) is 1.29. The number of hydrogen-bond donors (Lipinski definition) is 0.